The summed E-state index contributed by atoms with van der Waals surface area (Å²) in [6.07, 6.45) is 0. The van der Waals surface area contributed by atoms with Crippen LogP contribution in [0, 0.1) is 6.07 Å². The Morgan fingerprint density at radius 1 is 0.786 bits per heavy atom. The van der Waals surface area contributed by atoms with E-state index in [2.05, 4.69) is 102 Å². The first kappa shape index (κ1) is 14.2. The van der Waals surface area contributed by atoms with Crippen LogP contribution in [0.5, 0.6) is 0 Å². The summed E-state index contributed by atoms with van der Waals surface area (Å²) in [5.41, 5.74) is 2.05. The topological polar surface area (TPSA) is 0 Å². The van der Waals surface area contributed by atoms with Crippen molar-refractivity contribution in [2.75, 3.05) is 0 Å². The summed E-state index contributed by atoms with van der Waals surface area (Å²) in [4.78, 5) is 0. The van der Waals surface area contributed by atoms with E-state index in [9.17, 15) is 0 Å². The summed E-state index contributed by atoms with van der Waals surface area (Å²) >= 11 is 20.7. The predicted molar refractivity (Wildman–Crippen MR) is 82.2 cm³/mol. The molecule has 0 atom stereocenters. The number of hydrogen-bond donors (Lipinski definition) is 0. The maximum Gasteiger partial charge on any atom is 0.159 e. The molecule has 1 rings (SSSR count). The smallest absolute Gasteiger partial charge is 0.0546 e. The SMILES string of the molecule is BrC(Br)(Br)c1c[c]cc(C(Br)(Br)Br)c1. The molecule has 0 aromatic heterocycles. The second-order valence-electron chi connectivity index (χ2n) is 2.51. The zero-order chi connectivity index (χ0) is 11.0. The van der Waals surface area contributed by atoms with Crippen molar-refractivity contribution < 1.29 is 0 Å². The number of benzene rings is 1. The maximum atomic E-state index is 3.45. The molecule has 0 heterocycles. The van der Waals surface area contributed by atoms with E-state index >= 15 is 0 Å². The van der Waals surface area contributed by atoms with Crippen molar-refractivity contribution in [3.8, 4) is 0 Å². The van der Waals surface area contributed by atoms with Gasteiger partial charge in [-0.3, -0.25) is 0 Å². The van der Waals surface area contributed by atoms with E-state index in [-0.39, 0.29) is 0 Å². The fraction of sp³-hybridized carbons (Fsp3) is 0.250. The van der Waals surface area contributed by atoms with Crippen LogP contribution in [0.3, 0.4) is 0 Å². The molecule has 1 aromatic carbocycles. The van der Waals surface area contributed by atoms with Gasteiger partial charge in [0.2, 0.25) is 0 Å². The molecule has 0 saturated heterocycles. The molecule has 0 aliphatic rings. The molecule has 1 aromatic rings. The molecule has 0 nitrogen and oxygen atoms in total. The van der Waals surface area contributed by atoms with Gasteiger partial charge in [0.15, 0.2) is 4.29 Å². The highest BCUT2D eigenvalue weighted by atomic mass is 80.0. The third-order valence-electron chi connectivity index (χ3n) is 1.44. The van der Waals surface area contributed by atoms with E-state index in [4.69, 9.17) is 0 Å². The lowest BCUT2D eigenvalue weighted by molar-refractivity contribution is 1.28. The third-order valence-corrected chi connectivity index (χ3v) is 4.19. The Labute approximate surface area is 133 Å². The van der Waals surface area contributed by atoms with E-state index in [0.29, 0.717) is 0 Å². The normalized spacial score (nSPS) is 13.0. The molecule has 0 spiro atoms. The van der Waals surface area contributed by atoms with Crippen molar-refractivity contribution in [2.24, 2.45) is 0 Å². The lowest BCUT2D eigenvalue weighted by Gasteiger charge is -2.17. The lowest BCUT2D eigenvalue weighted by atomic mass is 10.2. The molecular formula is C8H3Br6. The Morgan fingerprint density at radius 3 is 1.43 bits per heavy atom. The van der Waals surface area contributed by atoms with Crippen LogP contribution in [0.1, 0.15) is 11.1 Å². The van der Waals surface area contributed by atoms with Crippen molar-refractivity contribution in [3.05, 3.63) is 35.4 Å². The average Bonchev–Trinajstić information content (AvgIpc) is 2.01. The minimum Gasteiger partial charge on any atom is -0.0546 e. The van der Waals surface area contributed by atoms with Gasteiger partial charge in [0.05, 0.1) is 0 Å². The molecule has 6 heteroatoms. The number of hydrogen-bond acceptors (Lipinski definition) is 0. The molecule has 0 saturated carbocycles. The lowest BCUT2D eigenvalue weighted by Crippen LogP contribution is -2.03. The van der Waals surface area contributed by atoms with Crippen LogP contribution in [0.2, 0.25) is 0 Å². The van der Waals surface area contributed by atoms with E-state index < -0.39 is 4.29 Å². The third kappa shape index (κ3) is 4.17. The van der Waals surface area contributed by atoms with Crippen molar-refractivity contribution >= 4 is 95.6 Å². The molecule has 0 aliphatic heterocycles. The quantitative estimate of drug-likeness (QED) is 0.328. The van der Waals surface area contributed by atoms with Gasteiger partial charge >= 0.3 is 0 Å². The Balaban J connectivity index is 3.15. The largest absolute Gasteiger partial charge is 0.159 e. The van der Waals surface area contributed by atoms with Crippen LogP contribution in [0.15, 0.2) is 18.2 Å². The van der Waals surface area contributed by atoms with Gasteiger partial charge in [-0.1, -0.05) is 95.6 Å². The average molecular weight is 579 g/mol. The first-order valence-electron chi connectivity index (χ1n) is 3.37. The van der Waals surface area contributed by atoms with Crippen LogP contribution in [0.4, 0.5) is 0 Å². The maximum absolute atomic E-state index is 3.45. The van der Waals surface area contributed by atoms with E-state index in [0.717, 1.165) is 11.1 Å². The Bertz CT molecular complexity index is 292. The second-order valence-corrected chi connectivity index (χ2v) is 16.0. The van der Waals surface area contributed by atoms with Crippen molar-refractivity contribution in [2.45, 2.75) is 4.29 Å². The summed E-state index contributed by atoms with van der Waals surface area (Å²) in [5, 5.41) is 0. The van der Waals surface area contributed by atoms with Crippen molar-refractivity contribution in [3.63, 3.8) is 0 Å². The molecule has 0 N–H and O–H groups in total. The zero-order valence-electron chi connectivity index (χ0n) is 6.50. The number of alkyl halides is 6. The van der Waals surface area contributed by atoms with Crippen LogP contribution in [0.25, 0.3) is 0 Å². The highest BCUT2D eigenvalue weighted by Gasteiger charge is 2.25. The molecule has 1 radical (unpaired) electrons. The number of halogens is 6. The first-order chi connectivity index (χ1) is 6.21. The minimum atomic E-state index is -0.405. The molecule has 14 heavy (non-hydrogen) atoms. The van der Waals surface area contributed by atoms with Gasteiger partial charge in [-0.2, -0.15) is 0 Å². The van der Waals surface area contributed by atoms with Crippen LogP contribution in [-0.2, 0) is 4.29 Å². The van der Waals surface area contributed by atoms with Gasteiger partial charge in [-0.15, -0.1) is 0 Å². The molecule has 0 aliphatic carbocycles. The summed E-state index contributed by atoms with van der Waals surface area (Å²) in [6, 6.07) is 8.86. The van der Waals surface area contributed by atoms with Crippen LogP contribution < -0.4 is 0 Å². The minimum absolute atomic E-state index is 0.405. The summed E-state index contributed by atoms with van der Waals surface area (Å²) in [7, 11) is 0. The fourth-order valence-electron chi connectivity index (χ4n) is 0.799. The van der Waals surface area contributed by atoms with E-state index in [1.165, 1.54) is 0 Å². The molecule has 0 unspecified atom stereocenters. The summed E-state index contributed by atoms with van der Waals surface area (Å²) < 4.78 is -0.810. The van der Waals surface area contributed by atoms with Gasteiger partial charge < -0.3 is 0 Å². The van der Waals surface area contributed by atoms with Gasteiger partial charge in [-0.25, -0.2) is 0 Å². The summed E-state index contributed by atoms with van der Waals surface area (Å²) in [5.74, 6) is 0. The van der Waals surface area contributed by atoms with Gasteiger partial charge in [0.1, 0.15) is 0 Å². The number of rotatable bonds is 0. The predicted octanol–water partition coefficient (Wildman–Crippen LogP) is 6.08. The standard InChI is InChI=1S/C8H3Br6/c9-7(10,11)5-2-1-3-6(4-5)8(12,13)14/h2-4H. The van der Waals surface area contributed by atoms with Crippen molar-refractivity contribution in [1.29, 1.82) is 0 Å². The monoisotopic (exact) mass is 573 g/mol. The molecular weight excluding hydrogens is 576 g/mol. The second kappa shape index (κ2) is 5.17. The highest BCUT2D eigenvalue weighted by molar-refractivity contribution is 9.39. The van der Waals surface area contributed by atoms with E-state index in [1.54, 1.807) is 0 Å². The van der Waals surface area contributed by atoms with Crippen LogP contribution >= 0.6 is 95.6 Å². The van der Waals surface area contributed by atoms with Gasteiger partial charge in [-0.05, 0) is 35.4 Å². The highest BCUT2D eigenvalue weighted by Crippen LogP contribution is 2.48. The Morgan fingerprint density at radius 2 is 1.14 bits per heavy atom. The van der Waals surface area contributed by atoms with Crippen molar-refractivity contribution in [1.82, 2.24) is 0 Å². The fourth-order valence-corrected chi connectivity index (χ4v) is 2.17. The van der Waals surface area contributed by atoms with Gasteiger partial charge in [0.25, 0.3) is 0 Å². The summed E-state index contributed by atoms with van der Waals surface area (Å²) in [6.45, 7) is 0. The van der Waals surface area contributed by atoms with Gasteiger partial charge in [0, 0.05) is 0 Å². The van der Waals surface area contributed by atoms with E-state index in [1.807, 2.05) is 18.2 Å². The Kier molecular flexibility index (Phi) is 5.23. The molecule has 0 fully saturated rings. The molecule has 0 bridgehead atoms. The van der Waals surface area contributed by atoms with Crippen LogP contribution in [-0.4, -0.2) is 0 Å². The first-order valence-corrected chi connectivity index (χ1v) is 8.12. The Hall–Kier alpha value is 2.10. The zero-order valence-corrected chi connectivity index (χ0v) is 16.0. The molecule has 0 amide bonds. The molecule has 77 valence electrons.